The van der Waals surface area contributed by atoms with Crippen molar-refractivity contribution >= 4 is 51.5 Å². The summed E-state index contributed by atoms with van der Waals surface area (Å²) in [5.74, 6) is -0.306. The zero-order chi connectivity index (χ0) is 15.7. The van der Waals surface area contributed by atoms with Crippen LogP contribution in [-0.4, -0.2) is 36.0 Å². The van der Waals surface area contributed by atoms with Gasteiger partial charge in [0.15, 0.2) is 0 Å². The highest BCUT2D eigenvalue weighted by atomic mass is 79.9. The van der Waals surface area contributed by atoms with Gasteiger partial charge in [-0.2, -0.15) is 0 Å². The number of nitrogens with one attached hydrogen (secondary N) is 3. The van der Waals surface area contributed by atoms with E-state index in [0.717, 1.165) is 16.6 Å². The van der Waals surface area contributed by atoms with Crippen molar-refractivity contribution in [3.63, 3.8) is 0 Å². The molecule has 2 fully saturated rings. The predicted octanol–water partition coefficient (Wildman–Crippen LogP) is 2.45. The van der Waals surface area contributed by atoms with Crippen molar-refractivity contribution in [1.29, 1.82) is 0 Å². The van der Waals surface area contributed by atoms with Gasteiger partial charge in [-0.3, -0.25) is 9.59 Å². The third-order valence-corrected chi connectivity index (χ3v) is 5.98. The molecule has 128 valence electrons. The van der Waals surface area contributed by atoms with E-state index in [1.807, 2.05) is 6.07 Å². The summed E-state index contributed by atoms with van der Waals surface area (Å²) in [6.07, 6.45) is 4.38. The van der Waals surface area contributed by atoms with Crippen LogP contribution < -0.4 is 16.0 Å². The average molecular weight is 423 g/mol. The van der Waals surface area contributed by atoms with Crippen molar-refractivity contribution in [1.82, 2.24) is 16.0 Å². The van der Waals surface area contributed by atoms with Crippen LogP contribution in [0.4, 0.5) is 0 Å². The number of rotatable bonds is 4. The van der Waals surface area contributed by atoms with E-state index >= 15 is 0 Å². The largest absolute Gasteiger partial charge is 0.351 e. The maximum atomic E-state index is 12.3. The number of amides is 2. The second-order valence-corrected chi connectivity index (χ2v) is 8.58. The van der Waals surface area contributed by atoms with Crippen LogP contribution >= 0.6 is 39.7 Å². The Morgan fingerprint density at radius 1 is 1.30 bits per heavy atom. The van der Waals surface area contributed by atoms with Crippen molar-refractivity contribution in [2.45, 2.75) is 56.8 Å². The summed E-state index contributed by atoms with van der Waals surface area (Å²) >= 11 is 4.69. The summed E-state index contributed by atoms with van der Waals surface area (Å²) in [7, 11) is 0. The molecule has 0 radical (unpaired) electrons. The van der Waals surface area contributed by atoms with Crippen molar-refractivity contribution in [3.8, 4) is 0 Å². The van der Waals surface area contributed by atoms with Crippen LogP contribution in [0.2, 0.25) is 0 Å². The van der Waals surface area contributed by atoms with Crippen LogP contribution in [0.25, 0.3) is 0 Å². The lowest BCUT2D eigenvalue weighted by Crippen LogP contribution is -2.52. The first-order chi connectivity index (χ1) is 10.5. The van der Waals surface area contributed by atoms with E-state index in [1.165, 1.54) is 24.2 Å². The zero-order valence-electron chi connectivity index (χ0n) is 12.8. The number of hydrogen-bond acceptors (Lipinski definition) is 4. The molecule has 23 heavy (non-hydrogen) atoms. The molecule has 2 saturated heterocycles. The number of carbonyl (C=O) groups is 2. The van der Waals surface area contributed by atoms with Crippen LogP contribution in [0, 0.1) is 0 Å². The van der Waals surface area contributed by atoms with Gasteiger partial charge in [-0.15, -0.1) is 23.7 Å². The number of hydrogen-bond donors (Lipinski definition) is 3. The van der Waals surface area contributed by atoms with Crippen molar-refractivity contribution < 1.29 is 9.59 Å². The summed E-state index contributed by atoms with van der Waals surface area (Å²) in [5.41, 5.74) is 0. The Morgan fingerprint density at radius 2 is 1.96 bits per heavy atom. The van der Waals surface area contributed by atoms with Gasteiger partial charge in [0, 0.05) is 18.1 Å². The third kappa shape index (κ3) is 4.68. The highest BCUT2D eigenvalue weighted by Gasteiger charge is 2.34. The Kier molecular flexibility index (Phi) is 6.48. The summed E-state index contributed by atoms with van der Waals surface area (Å²) in [4.78, 5) is 24.9. The van der Waals surface area contributed by atoms with Crippen LogP contribution in [0.3, 0.4) is 0 Å². The van der Waals surface area contributed by atoms with Crippen LogP contribution in [-0.2, 0) is 4.79 Å². The van der Waals surface area contributed by atoms with Gasteiger partial charge in [-0.05, 0) is 60.7 Å². The first-order valence-electron chi connectivity index (χ1n) is 7.64. The molecule has 1 aromatic heterocycles. The molecule has 2 amide bonds. The minimum absolute atomic E-state index is 0. The summed E-state index contributed by atoms with van der Waals surface area (Å²) in [6, 6.07) is 4.35. The first kappa shape index (κ1) is 18.7. The van der Waals surface area contributed by atoms with Gasteiger partial charge in [-0.1, -0.05) is 0 Å². The highest BCUT2D eigenvalue weighted by Crippen LogP contribution is 2.26. The normalized spacial score (nSPS) is 27.0. The van der Waals surface area contributed by atoms with E-state index in [4.69, 9.17) is 0 Å². The Bertz CT molecular complexity index is 571. The second kappa shape index (κ2) is 7.96. The van der Waals surface area contributed by atoms with E-state index in [-0.39, 0.29) is 30.3 Å². The fourth-order valence-electron chi connectivity index (χ4n) is 3.27. The molecule has 3 rings (SSSR count). The van der Waals surface area contributed by atoms with Crippen LogP contribution in [0.1, 0.15) is 42.3 Å². The molecule has 8 heteroatoms. The Labute approximate surface area is 154 Å². The summed E-state index contributed by atoms with van der Waals surface area (Å²) < 4.78 is 0.903. The SMILES string of the molecule is CC(NC(=O)c1ccc(Br)s1)C(=O)NC1CC2CCC(C1)N2.Cl. The van der Waals surface area contributed by atoms with E-state index in [9.17, 15) is 9.59 Å². The van der Waals surface area contributed by atoms with Crippen molar-refractivity contribution in [2.75, 3.05) is 0 Å². The molecule has 1 aromatic rings. The molecule has 0 saturated carbocycles. The van der Waals surface area contributed by atoms with Crippen LogP contribution in [0.15, 0.2) is 15.9 Å². The molecule has 2 aliphatic rings. The Balaban J connectivity index is 0.00000192. The molecular formula is C15H21BrClN3O2S. The number of piperidine rings is 1. The van der Waals surface area contributed by atoms with Crippen molar-refractivity contribution in [3.05, 3.63) is 20.8 Å². The molecule has 3 atom stereocenters. The van der Waals surface area contributed by atoms with Gasteiger partial charge >= 0.3 is 0 Å². The lowest BCUT2D eigenvalue weighted by atomic mass is 9.99. The lowest BCUT2D eigenvalue weighted by Gasteiger charge is -2.30. The molecule has 3 unspecified atom stereocenters. The second-order valence-electron chi connectivity index (χ2n) is 6.11. The quantitative estimate of drug-likeness (QED) is 0.698. The van der Waals surface area contributed by atoms with E-state index in [1.54, 1.807) is 13.0 Å². The van der Waals surface area contributed by atoms with Gasteiger partial charge in [-0.25, -0.2) is 0 Å². The van der Waals surface area contributed by atoms with Gasteiger partial charge in [0.05, 0.1) is 8.66 Å². The Morgan fingerprint density at radius 3 is 2.52 bits per heavy atom. The van der Waals surface area contributed by atoms with Gasteiger partial charge in [0.1, 0.15) is 6.04 Å². The van der Waals surface area contributed by atoms with Gasteiger partial charge in [0.2, 0.25) is 5.91 Å². The molecular weight excluding hydrogens is 402 g/mol. The van der Waals surface area contributed by atoms with Crippen molar-refractivity contribution in [2.24, 2.45) is 0 Å². The topological polar surface area (TPSA) is 70.2 Å². The smallest absolute Gasteiger partial charge is 0.262 e. The predicted molar refractivity (Wildman–Crippen MR) is 97.3 cm³/mol. The third-order valence-electron chi connectivity index (χ3n) is 4.36. The van der Waals surface area contributed by atoms with Gasteiger partial charge < -0.3 is 16.0 Å². The summed E-state index contributed by atoms with van der Waals surface area (Å²) in [6.45, 7) is 1.73. The number of halogens is 2. The number of fused-ring (bicyclic) bond motifs is 2. The maximum Gasteiger partial charge on any atom is 0.262 e. The molecule has 0 spiro atoms. The number of thiophene rings is 1. The lowest BCUT2D eigenvalue weighted by molar-refractivity contribution is -0.123. The monoisotopic (exact) mass is 421 g/mol. The molecule has 3 heterocycles. The first-order valence-corrected chi connectivity index (χ1v) is 9.25. The summed E-state index contributed by atoms with van der Waals surface area (Å²) in [5, 5.41) is 9.40. The number of carbonyl (C=O) groups excluding carboxylic acids is 2. The molecule has 3 N–H and O–H groups in total. The van der Waals surface area contributed by atoms with E-state index in [2.05, 4.69) is 31.9 Å². The molecule has 5 nitrogen and oxygen atoms in total. The fraction of sp³-hybridized carbons (Fsp3) is 0.600. The maximum absolute atomic E-state index is 12.3. The van der Waals surface area contributed by atoms with E-state index < -0.39 is 6.04 Å². The fourth-order valence-corrected chi connectivity index (χ4v) is 4.56. The van der Waals surface area contributed by atoms with Gasteiger partial charge in [0.25, 0.3) is 5.91 Å². The minimum atomic E-state index is -0.527. The molecule has 2 aliphatic heterocycles. The molecule has 0 aliphatic carbocycles. The molecule has 0 aromatic carbocycles. The standard InChI is InChI=1S/C15H20BrN3O2S.ClH/c1-8(17-15(21)12-4-5-13(16)22-12)14(20)19-11-6-9-2-3-10(7-11)18-9;/h4-5,8-11,18H,2-3,6-7H2,1H3,(H,17,21)(H,19,20);1H. The zero-order valence-corrected chi connectivity index (χ0v) is 16.0. The highest BCUT2D eigenvalue weighted by molar-refractivity contribution is 9.11. The minimum Gasteiger partial charge on any atom is -0.351 e. The van der Waals surface area contributed by atoms with E-state index in [0.29, 0.717) is 17.0 Å². The Hall–Kier alpha value is -0.630. The van der Waals surface area contributed by atoms with Crippen LogP contribution in [0.5, 0.6) is 0 Å². The average Bonchev–Trinajstić information content (AvgIpc) is 3.05. The molecule has 2 bridgehead atoms.